The number of hydrogen-bond donors (Lipinski definition) is 1. The molecule has 0 bridgehead atoms. The maximum Gasteiger partial charge on any atom is 0.270 e. The summed E-state index contributed by atoms with van der Waals surface area (Å²) in [6.07, 6.45) is 1.98. The Morgan fingerprint density at radius 1 is 1.17 bits per heavy atom. The molecule has 0 atom stereocenters. The van der Waals surface area contributed by atoms with Gasteiger partial charge in [-0.15, -0.1) is 0 Å². The summed E-state index contributed by atoms with van der Waals surface area (Å²) in [7, 11) is 0. The summed E-state index contributed by atoms with van der Waals surface area (Å²) in [5.41, 5.74) is 1.71. The Morgan fingerprint density at radius 2 is 1.83 bits per heavy atom. The summed E-state index contributed by atoms with van der Waals surface area (Å²) in [4.78, 5) is 17.5. The largest absolute Gasteiger partial charge is 0.351 e. The predicted molar refractivity (Wildman–Crippen MR) is 74.8 cm³/mol. The lowest BCUT2D eigenvalue weighted by atomic mass is 10.2. The number of para-hydroxylation sites is 1. The zero-order valence-electron chi connectivity index (χ0n) is 11.1. The Kier molecular flexibility index (Phi) is 4.03. The molecule has 1 aromatic carbocycles. The maximum absolute atomic E-state index is 12.4. The van der Waals surface area contributed by atoms with Gasteiger partial charge < -0.3 is 9.88 Å². The lowest BCUT2D eigenvalue weighted by molar-refractivity contribution is 0.0750. The lowest BCUT2D eigenvalue weighted by Gasteiger charge is -2.20. The summed E-state index contributed by atoms with van der Waals surface area (Å²) >= 11 is 0. The number of nitrogens with one attached hydrogen (secondary N) is 1. The molecular weight excluding hydrogens is 224 g/mol. The number of amides is 1. The van der Waals surface area contributed by atoms with E-state index < -0.39 is 0 Å². The van der Waals surface area contributed by atoms with Gasteiger partial charge in [0.15, 0.2) is 0 Å². The Hall–Kier alpha value is -1.77. The standard InChI is InChI=1S/C15H20N2O/c1-3-9-17(10-4-2)15(18)14-11-12-7-5-6-8-13(12)16-14/h5-8,11,16H,3-4,9-10H2,1-2H3. The van der Waals surface area contributed by atoms with Crippen molar-refractivity contribution in [2.45, 2.75) is 26.7 Å². The fourth-order valence-corrected chi connectivity index (χ4v) is 2.21. The molecule has 1 heterocycles. The molecule has 0 radical (unpaired) electrons. The molecule has 0 saturated heterocycles. The Bertz CT molecular complexity index is 491. The van der Waals surface area contributed by atoms with Crippen LogP contribution in [0.4, 0.5) is 0 Å². The van der Waals surface area contributed by atoms with E-state index in [-0.39, 0.29) is 5.91 Å². The molecule has 0 unspecified atom stereocenters. The fraction of sp³-hybridized carbons (Fsp3) is 0.400. The molecule has 0 aliphatic carbocycles. The van der Waals surface area contributed by atoms with Crippen molar-refractivity contribution in [1.29, 1.82) is 0 Å². The third-order valence-corrected chi connectivity index (χ3v) is 3.03. The minimum absolute atomic E-state index is 0.106. The normalized spacial score (nSPS) is 10.8. The maximum atomic E-state index is 12.4. The number of aromatic amines is 1. The molecule has 3 nitrogen and oxygen atoms in total. The summed E-state index contributed by atoms with van der Waals surface area (Å²) in [6, 6.07) is 9.92. The van der Waals surface area contributed by atoms with Crippen molar-refractivity contribution in [3.8, 4) is 0 Å². The van der Waals surface area contributed by atoms with Gasteiger partial charge in [-0.1, -0.05) is 32.0 Å². The second-order valence-electron chi connectivity index (χ2n) is 4.56. The Balaban J connectivity index is 2.25. The average Bonchev–Trinajstić information content (AvgIpc) is 2.81. The van der Waals surface area contributed by atoms with Crippen molar-refractivity contribution in [2.24, 2.45) is 0 Å². The van der Waals surface area contributed by atoms with E-state index in [0.717, 1.165) is 36.8 Å². The van der Waals surface area contributed by atoms with Gasteiger partial charge in [-0.2, -0.15) is 0 Å². The molecule has 2 rings (SSSR count). The summed E-state index contributed by atoms with van der Waals surface area (Å²) in [5.74, 6) is 0.106. The van der Waals surface area contributed by atoms with E-state index in [9.17, 15) is 4.79 Å². The summed E-state index contributed by atoms with van der Waals surface area (Å²) in [5, 5.41) is 1.09. The second kappa shape index (κ2) is 5.71. The van der Waals surface area contributed by atoms with Gasteiger partial charge in [0.05, 0.1) is 0 Å². The Morgan fingerprint density at radius 3 is 2.44 bits per heavy atom. The van der Waals surface area contributed by atoms with Crippen LogP contribution in [0.5, 0.6) is 0 Å². The quantitative estimate of drug-likeness (QED) is 0.859. The molecule has 1 amide bonds. The second-order valence-corrected chi connectivity index (χ2v) is 4.56. The van der Waals surface area contributed by atoms with E-state index in [2.05, 4.69) is 18.8 Å². The molecular formula is C15H20N2O. The molecule has 0 fully saturated rings. The van der Waals surface area contributed by atoms with Crippen LogP contribution in [0.2, 0.25) is 0 Å². The van der Waals surface area contributed by atoms with Crippen LogP contribution >= 0.6 is 0 Å². The van der Waals surface area contributed by atoms with Gasteiger partial charge in [0.1, 0.15) is 5.69 Å². The highest BCUT2D eigenvalue weighted by Crippen LogP contribution is 2.16. The molecule has 3 heteroatoms. The SMILES string of the molecule is CCCN(CCC)C(=O)c1cc2ccccc2[nH]1. The van der Waals surface area contributed by atoms with Crippen molar-refractivity contribution < 1.29 is 4.79 Å². The van der Waals surface area contributed by atoms with Crippen molar-refractivity contribution >= 4 is 16.8 Å². The van der Waals surface area contributed by atoms with E-state index in [1.165, 1.54) is 0 Å². The lowest BCUT2D eigenvalue weighted by Crippen LogP contribution is -2.32. The van der Waals surface area contributed by atoms with Crippen molar-refractivity contribution in [3.63, 3.8) is 0 Å². The van der Waals surface area contributed by atoms with Gasteiger partial charge in [0.2, 0.25) is 0 Å². The topological polar surface area (TPSA) is 36.1 Å². The number of H-pyrrole nitrogens is 1. The van der Waals surface area contributed by atoms with Crippen LogP contribution in [0.15, 0.2) is 30.3 Å². The first-order valence-electron chi connectivity index (χ1n) is 6.63. The first-order valence-corrected chi connectivity index (χ1v) is 6.63. The van der Waals surface area contributed by atoms with Gasteiger partial charge in [0.25, 0.3) is 5.91 Å². The van der Waals surface area contributed by atoms with Crippen LogP contribution in [0.3, 0.4) is 0 Å². The number of carbonyl (C=O) groups is 1. The molecule has 1 N–H and O–H groups in total. The average molecular weight is 244 g/mol. The van der Waals surface area contributed by atoms with Crippen molar-refractivity contribution in [2.75, 3.05) is 13.1 Å². The van der Waals surface area contributed by atoms with Gasteiger partial charge in [-0.25, -0.2) is 0 Å². The zero-order valence-corrected chi connectivity index (χ0v) is 11.1. The van der Waals surface area contributed by atoms with E-state index in [1.54, 1.807) is 0 Å². The highest BCUT2D eigenvalue weighted by molar-refractivity contribution is 5.98. The fourth-order valence-electron chi connectivity index (χ4n) is 2.21. The van der Waals surface area contributed by atoms with Gasteiger partial charge in [0, 0.05) is 24.0 Å². The number of benzene rings is 1. The monoisotopic (exact) mass is 244 g/mol. The summed E-state index contributed by atoms with van der Waals surface area (Å²) < 4.78 is 0. The minimum Gasteiger partial charge on any atom is -0.351 e. The Labute approximate surface area is 108 Å². The predicted octanol–water partition coefficient (Wildman–Crippen LogP) is 3.43. The number of rotatable bonds is 5. The first kappa shape index (κ1) is 12.7. The number of nitrogens with zero attached hydrogens (tertiary/aromatic N) is 1. The number of carbonyl (C=O) groups excluding carboxylic acids is 1. The van der Waals surface area contributed by atoms with Gasteiger partial charge >= 0.3 is 0 Å². The third kappa shape index (κ3) is 2.55. The van der Waals surface area contributed by atoms with E-state index in [1.807, 2.05) is 35.2 Å². The third-order valence-electron chi connectivity index (χ3n) is 3.03. The zero-order chi connectivity index (χ0) is 13.0. The highest BCUT2D eigenvalue weighted by atomic mass is 16.2. The van der Waals surface area contributed by atoms with Crippen LogP contribution in [-0.4, -0.2) is 28.9 Å². The molecule has 0 aliphatic rings. The van der Waals surface area contributed by atoms with E-state index >= 15 is 0 Å². The molecule has 18 heavy (non-hydrogen) atoms. The van der Waals surface area contributed by atoms with Crippen LogP contribution < -0.4 is 0 Å². The first-order chi connectivity index (χ1) is 8.76. The number of fused-ring (bicyclic) bond motifs is 1. The van der Waals surface area contributed by atoms with E-state index in [0.29, 0.717) is 5.69 Å². The van der Waals surface area contributed by atoms with Crippen molar-refractivity contribution in [3.05, 3.63) is 36.0 Å². The molecule has 96 valence electrons. The smallest absolute Gasteiger partial charge is 0.270 e. The van der Waals surface area contributed by atoms with Crippen LogP contribution in [0.25, 0.3) is 10.9 Å². The molecule has 0 saturated carbocycles. The number of hydrogen-bond acceptors (Lipinski definition) is 1. The van der Waals surface area contributed by atoms with Crippen molar-refractivity contribution in [1.82, 2.24) is 9.88 Å². The summed E-state index contributed by atoms with van der Waals surface area (Å²) in [6.45, 7) is 5.84. The molecule has 1 aromatic heterocycles. The molecule has 0 spiro atoms. The highest BCUT2D eigenvalue weighted by Gasteiger charge is 2.16. The number of aromatic nitrogens is 1. The van der Waals surface area contributed by atoms with E-state index in [4.69, 9.17) is 0 Å². The van der Waals surface area contributed by atoms with Gasteiger partial charge in [-0.05, 0) is 25.0 Å². The molecule has 0 aliphatic heterocycles. The van der Waals surface area contributed by atoms with Crippen LogP contribution in [-0.2, 0) is 0 Å². The molecule has 2 aromatic rings. The van der Waals surface area contributed by atoms with Crippen LogP contribution in [0, 0.1) is 0 Å². The van der Waals surface area contributed by atoms with Gasteiger partial charge in [-0.3, -0.25) is 4.79 Å². The van der Waals surface area contributed by atoms with Crippen LogP contribution in [0.1, 0.15) is 37.2 Å². The minimum atomic E-state index is 0.106.